The zero-order chi connectivity index (χ0) is 15.0. The van der Waals surface area contributed by atoms with E-state index in [1.54, 1.807) is 12.1 Å². The van der Waals surface area contributed by atoms with Gasteiger partial charge in [-0.15, -0.1) is 0 Å². The van der Waals surface area contributed by atoms with Gasteiger partial charge in [0.1, 0.15) is 0 Å². The van der Waals surface area contributed by atoms with E-state index in [1.807, 2.05) is 26.0 Å². The van der Waals surface area contributed by atoms with Gasteiger partial charge in [0.2, 0.25) is 5.91 Å². The van der Waals surface area contributed by atoms with Crippen molar-refractivity contribution in [3.8, 4) is 0 Å². The smallest absolute Gasteiger partial charge is 0.311 e. The molecule has 1 aromatic rings. The molecular formula is C15H18ClNO3. The number of halogens is 1. The number of amides is 1. The van der Waals surface area contributed by atoms with Crippen molar-refractivity contribution in [2.75, 3.05) is 6.54 Å². The summed E-state index contributed by atoms with van der Waals surface area (Å²) in [6.07, 6.45) is 1.26. The van der Waals surface area contributed by atoms with Crippen LogP contribution in [0.5, 0.6) is 0 Å². The van der Waals surface area contributed by atoms with Crippen molar-refractivity contribution in [1.29, 1.82) is 0 Å². The Morgan fingerprint density at radius 1 is 1.30 bits per heavy atom. The molecule has 0 aromatic heterocycles. The Morgan fingerprint density at radius 3 is 2.30 bits per heavy atom. The standard InChI is InChI=1S/C15H18ClNO3/c1-14(2,10-3-5-11(16)6-4-10)12(18)17-9-15(7-8-15)13(19)20/h3-6H,7-9H2,1-2H3,(H,17,18)(H,19,20). The van der Waals surface area contributed by atoms with Crippen LogP contribution in [0.15, 0.2) is 24.3 Å². The average Bonchev–Trinajstić information content (AvgIpc) is 3.17. The zero-order valence-electron chi connectivity index (χ0n) is 11.6. The molecule has 20 heavy (non-hydrogen) atoms. The number of benzene rings is 1. The summed E-state index contributed by atoms with van der Waals surface area (Å²) in [5, 5.41) is 12.5. The normalized spacial score (nSPS) is 16.6. The molecule has 0 heterocycles. The highest BCUT2D eigenvalue weighted by atomic mass is 35.5. The maximum atomic E-state index is 12.3. The second kappa shape index (κ2) is 5.09. The van der Waals surface area contributed by atoms with Crippen LogP contribution < -0.4 is 5.32 Å². The van der Waals surface area contributed by atoms with Gasteiger partial charge in [0.05, 0.1) is 10.8 Å². The first kappa shape index (κ1) is 14.9. The maximum Gasteiger partial charge on any atom is 0.311 e. The molecule has 1 aromatic carbocycles. The fourth-order valence-electron chi connectivity index (χ4n) is 2.09. The van der Waals surface area contributed by atoms with Gasteiger partial charge in [0.25, 0.3) is 0 Å². The fraction of sp³-hybridized carbons (Fsp3) is 0.467. The van der Waals surface area contributed by atoms with E-state index in [0.717, 1.165) is 5.56 Å². The van der Waals surface area contributed by atoms with Crippen LogP contribution in [0.2, 0.25) is 5.02 Å². The van der Waals surface area contributed by atoms with Crippen LogP contribution >= 0.6 is 11.6 Å². The highest BCUT2D eigenvalue weighted by molar-refractivity contribution is 6.30. The molecule has 2 rings (SSSR count). The molecule has 1 saturated carbocycles. The highest BCUT2D eigenvalue weighted by Gasteiger charge is 2.50. The number of rotatable bonds is 5. The lowest BCUT2D eigenvalue weighted by molar-refractivity contribution is -0.143. The van der Waals surface area contributed by atoms with Gasteiger partial charge in [-0.1, -0.05) is 23.7 Å². The first-order chi connectivity index (χ1) is 9.28. The minimum absolute atomic E-state index is 0.174. The Bertz CT molecular complexity index is 533. The fourth-order valence-corrected chi connectivity index (χ4v) is 2.21. The molecule has 1 aliphatic rings. The third-order valence-corrected chi connectivity index (χ3v) is 4.28. The van der Waals surface area contributed by atoms with Gasteiger partial charge in [-0.25, -0.2) is 0 Å². The average molecular weight is 296 g/mol. The summed E-state index contributed by atoms with van der Waals surface area (Å²) < 4.78 is 0. The van der Waals surface area contributed by atoms with Crippen LogP contribution in [-0.4, -0.2) is 23.5 Å². The summed E-state index contributed by atoms with van der Waals surface area (Å²) in [6.45, 7) is 3.82. The molecule has 108 valence electrons. The van der Waals surface area contributed by atoms with Crippen LogP contribution in [0.3, 0.4) is 0 Å². The van der Waals surface area contributed by atoms with Crippen molar-refractivity contribution < 1.29 is 14.7 Å². The van der Waals surface area contributed by atoms with E-state index in [1.165, 1.54) is 0 Å². The maximum absolute atomic E-state index is 12.3. The molecule has 0 aliphatic heterocycles. The molecule has 1 aliphatic carbocycles. The number of nitrogens with one attached hydrogen (secondary N) is 1. The predicted octanol–water partition coefficient (Wildman–Crippen LogP) is 2.60. The van der Waals surface area contributed by atoms with E-state index >= 15 is 0 Å². The molecule has 0 unspecified atom stereocenters. The van der Waals surface area contributed by atoms with Crippen LogP contribution in [0, 0.1) is 5.41 Å². The molecule has 0 radical (unpaired) electrons. The second-order valence-corrected chi connectivity index (χ2v) is 6.34. The number of hydrogen-bond acceptors (Lipinski definition) is 2. The van der Waals surface area contributed by atoms with Crippen molar-refractivity contribution in [2.45, 2.75) is 32.1 Å². The SMILES string of the molecule is CC(C)(C(=O)NCC1(C(=O)O)CC1)c1ccc(Cl)cc1. The van der Waals surface area contributed by atoms with Crippen LogP contribution in [0.25, 0.3) is 0 Å². The molecule has 1 fully saturated rings. The van der Waals surface area contributed by atoms with Crippen molar-refractivity contribution in [1.82, 2.24) is 5.32 Å². The Balaban J connectivity index is 2.04. The molecule has 0 saturated heterocycles. The predicted molar refractivity (Wildman–Crippen MR) is 76.8 cm³/mol. The Morgan fingerprint density at radius 2 is 1.85 bits per heavy atom. The van der Waals surface area contributed by atoms with Crippen LogP contribution in [0.1, 0.15) is 32.3 Å². The molecule has 0 bridgehead atoms. The van der Waals surface area contributed by atoms with Gasteiger partial charge >= 0.3 is 5.97 Å². The van der Waals surface area contributed by atoms with E-state index in [0.29, 0.717) is 17.9 Å². The largest absolute Gasteiger partial charge is 0.481 e. The number of carbonyl (C=O) groups is 2. The third kappa shape index (κ3) is 2.80. The first-order valence-corrected chi connectivity index (χ1v) is 6.93. The number of carboxylic acid groups (broad SMARTS) is 1. The number of hydrogen-bond donors (Lipinski definition) is 2. The van der Waals surface area contributed by atoms with Gasteiger partial charge < -0.3 is 10.4 Å². The van der Waals surface area contributed by atoms with E-state index < -0.39 is 16.8 Å². The Kier molecular flexibility index (Phi) is 3.78. The van der Waals surface area contributed by atoms with Crippen LogP contribution in [-0.2, 0) is 15.0 Å². The Labute approximate surface area is 123 Å². The minimum atomic E-state index is -0.831. The molecule has 0 spiro atoms. The van der Waals surface area contributed by atoms with Gasteiger partial charge in [0, 0.05) is 11.6 Å². The third-order valence-electron chi connectivity index (χ3n) is 4.03. The molecule has 4 nitrogen and oxygen atoms in total. The van der Waals surface area contributed by atoms with E-state index in [9.17, 15) is 9.59 Å². The zero-order valence-corrected chi connectivity index (χ0v) is 12.3. The summed E-state index contributed by atoms with van der Waals surface area (Å²) in [5.41, 5.74) is -0.621. The second-order valence-electron chi connectivity index (χ2n) is 5.90. The first-order valence-electron chi connectivity index (χ1n) is 6.56. The minimum Gasteiger partial charge on any atom is -0.481 e. The lowest BCUT2D eigenvalue weighted by atomic mass is 9.83. The van der Waals surface area contributed by atoms with Gasteiger partial charge in [-0.2, -0.15) is 0 Å². The molecular weight excluding hydrogens is 278 g/mol. The molecule has 0 atom stereocenters. The molecule has 1 amide bonds. The highest BCUT2D eigenvalue weighted by Crippen LogP contribution is 2.45. The summed E-state index contributed by atoms with van der Waals surface area (Å²) in [4.78, 5) is 23.4. The lowest BCUT2D eigenvalue weighted by Gasteiger charge is -2.25. The quantitative estimate of drug-likeness (QED) is 0.877. The van der Waals surface area contributed by atoms with Gasteiger partial charge in [0.15, 0.2) is 0 Å². The van der Waals surface area contributed by atoms with E-state index in [-0.39, 0.29) is 12.5 Å². The summed E-state index contributed by atoms with van der Waals surface area (Å²) in [7, 11) is 0. The molecule has 2 N–H and O–H groups in total. The van der Waals surface area contributed by atoms with Crippen molar-refractivity contribution in [3.05, 3.63) is 34.9 Å². The van der Waals surface area contributed by atoms with Gasteiger partial charge in [-0.3, -0.25) is 9.59 Å². The lowest BCUT2D eigenvalue weighted by Crippen LogP contribution is -2.43. The van der Waals surface area contributed by atoms with E-state index in [4.69, 9.17) is 16.7 Å². The monoisotopic (exact) mass is 295 g/mol. The number of carbonyl (C=O) groups excluding carboxylic acids is 1. The van der Waals surface area contributed by atoms with Gasteiger partial charge in [-0.05, 0) is 44.4 Å². The van der Waals surface area contributed by atoms with Crippen molar-refractivity contribution in [2.24, 2.45) is 5.41 Å². The van der Waals surface area contributed by atoms with Crippen molar-refractivity contribution in [3.63, 3.8) is 0 Å². The van der Waals surface area contributed by atoms with Crippen LogP contribution in [0.4, 0.5) is 0 Å². The summed E-state index contributed by atoms with van der Waals surface area (Å²) in [5.74, 6) is -1.01. The Hall–Kier alpha value is -1.55. The molecule has 5 heteroatoms. The van der Waals surface area contributed by atoms with E-state index in [2.05, 4.69) is 5.32 Å². The summed E-state index contributed by atoms with van der Waals surface area (Å²) >= 11 is 5.84. The topological polar surface area (TPSA) is 66.4 Å². The number of aliphatic carboxylic acids is 1. The summed E-state index contributed by atoms with van der Waals surface area (Å²) in [6, 6.07) is 7.11. The van der Waals surface area contributed by atoms with Crippen molar-refractivity contribution >= 4 is 23.5 Å². The number of carboxylic acids is 1.